The number of hydrogen-bond donors (Lipinski definition) is 1. The van der Waals surface area contributed by atoms with Crippen LogP contribution in [0.2, 0.25) is 0 Å². The highest BCUT2D eigenvalue weighted by Crippen LogP contribution is 2.16. The number of ether oxygens (including phenoxy) is 2. The van der Waals surface area contributed by atoms with Crippen LogP contribution in [0.1, 0.15) is 264 Å². The summed E-state index contributed by atoms with van der Waals surface area (Å²) in [6.07, 6.45) is 57.0. The molecular weight excluding hydrogens is 681 g/mol. The van der Waals surface area contributed by atoms with Gasteiger partial charge in [-0.3, -0.25) is 9.59 Å². The van der Waals surface area contributed by atoms with Gasteiger partial charge in [-0.15, -0.1) is 0 Å². The number of aliphatic hydroxyl groups excluding tert-OH is 1. The second-order valence-electron chi connectivity index (χ2n) is 16.5. The molecule has 0 aromatic heterocycles. The van der Waals surface area contributed by atoms with Crippen LogP contribution in [-0.4, -0.2) is 36.4 Å². The predicted octanol–water partition coefficient (Wildman–Crippen LogP) is 15.8. The predicted molar refractivity (Wildman–Crippen MR) is 238 cm³/mol. The highest BCUT2D eigenvalue weighted by Gasteiger charge is 2.16. The Hall–Kier alpha value is -1.62. The zero-order valence-electron chi connectivity index (χ0n) is 37.0. The minimum Gasteiger partial charge on any atom is -0.462 e. The second kappa shape index (κ2) is 46.8. The lowest BCUT2D eigenvalue weighted by Crippen LogP contribution is -2.28. The van der Waals surface area contributed by atoms with Gasteiger partial charge in [-0.2, -0.15) is 0 Å². The van der Waals surface area contributed by atoms with Crippen molar-refractivity contribution in [3.05, 3.63) is 24.3 Å². The summed E-state index contributed by atoms with van der Waals surface area (Å²) in [6.45, 7) is 4.15. The summed E-state index contributed by atoms with van der Waals surface area (Å²) in [6, 6.07) is 0. The molecule has 0 fully saturated rings. The van der Waals surface area contributed by atoms with E-state index in [1.54, 1.807) is 0 Å². The molecule has 5 heteroatoms. The summed E-state index contributed by atoms with van der Waals surface area (Å²) in [5.74, 6) is -0.577. The number of unbranched alkanes of at least 4 members (excludes halogenated alkanes) is 33. The van der Waals surface area contributed by atoms with E-state index in [1.165, 1.54) is 193 Å². The molecule has 1 unspecified atom stereocenters. The van der Waals surface area contributed by atoms with Crippen molar-refractivity contribution < 1.29 is 24.2 Å². The molecule has 0 bridgehead atoms. The van der Waals surface area contributed by atoms with Crippen molar-refractivity contribution in [2.45, 2.75) is 270 Å². The molecule has 0 aliphatic heterocycles. The Kier molecular flexibility index (Phi) is 45.4. The van der Waals surface area contributed by atoms with Crippen LogP contribution >= 0.6 is 0 Å². The van der Waals surface area contributed by atoms with Crippen LogP contribution < -0.4 is 0 Å². The first kappa shape index (κ1) is 53.4. The van der Waals surface area contributed by atoms with Gasteiger partial charge in [0.15, 0.2) is 6.10 Å². The molecule has 5 nitrogen and oxygen atoms in total. The molecule has 0 aromatic rings. The van der Waals surface area contributed by atoms with Gasteiger partial charge < -0.3 is 14.6 Å². The molecule has 0 heterocycles. The molecule has 0 spiro atoms. The van der Waals surface area contributed by atoms with Gasteiger partial charge in [-0.05, 0) is 44.9 Å². The molecule has 0 aliphatic carbocycles. The SMILES string of the molecule is CCCCCCC/C=C\C/C=C\CCCCCCCCCCCCCCCCCCCC(=O)OC(CO)COC(=O)CCCCCCCCCCCCCC. The monoisotopic (exact) mass is 775 g/mol. The van der Waals surface area contributed by atoms with Gasteiger partial charge in [0.2, 0.25) is 0 Å². The summed E-state index contributed by atoms with van der Waals surface area (Å²) in [4.78, 5) is 24.3. The van der Waals surface area contributed by atoms with Gasteiger partial charge in [-0.1, -0.05) is 231 Å². The average molecular weight is 775 g/mol. The summed E-state index contributed by atoms with van der Waals surface area (Å²) >= 11 is 0. The maximum Gasteiger partial charge on any atom is 0.306 e. The Labute approximate surface area is 343 Å². The first-order valence-corrected chi connectivity index (χ1v) is 24.4. The standard InChI is InChI=1S/C50H94O5/c1-3-5-7-9-11-13-15-17-18-19-20-21-22-23-24-25-26-27-28-29-30-31-32-33-35-37-39-41-43-45-50(53)55-48(46-51)47-54-49(52)44-42-40-38-36-34-16-14-12-10-8-6-4-2/h15,17,19-20,48,51H,3-14,16,18,21-47H2,1-2H3/b17-15-,20-19-. The van der Waals surface area contributed by atoms with Gasteiger partial charge in [0.05, 0.1) is 6.61 Å². The number of rotatable bonds is 45. The molecule has 324 valence electrons. The minimum atomic E-state index is -0.765. The third-order valence-corrected chi connectivity index (χ3v) is 11.0. The first-order valence-electron chi connectivity index (χ1n) is 24.4. The van der Waals surface area contributed by atoms with E-state index in [4.69, 9.17) is 9.47 Å². The van der Waals surface area contributed by atoms with Crippen LogP contribution in [0.3, 0.4) is 0 Å². The van der Waals surface area contributed by atoms with Gasteiger partial charge in [0.1, 0.15) is 6.61 Å². The second-order valence-corrected chi connectivity index (χ2v) is 16.5. The van der Waals surface area contributed by atoms with Crippen molar-refractivity contribution in [3.63, 3.8) is 0 Å². The van der Waals surface area contributed by atoms with Crippen LogP contribution in [-0.2, 0) is 19.1 Å². The van der Waals surface area contributed by atoms with Crippen molar-refractivity contribution in [1.82, 2.24) is 0 Å². The molecule has 0 radical (unpaired) electrons. The highest BCUT2D eigenvalue weighted by molar-refractivity contribution is 5.70. The normalized spacial score (nSPS) is 12.3. The van der Waals surface area contributed by atoms with Crippen LogP contribution in [0.4, 0.5) is 0 Å². The first-order chi connectivity index (χ1) is 27.1. The molecule has 1 atom stereocenters. The van der Waals surface area contributed by atoms with E-state index in [0.29, 0.717) is 12.8 Å². The summed E-state index contributed by atoms with van der Waals surface area (Å²) in [5, 5.41) is 9.59. The minimum absolute atomic E-state index is 0.0596. The topological polar surface area (TPSA) is 72.8 Å². The zero-order valence-corrected chi connectivity index (χ0v) is 37.0. The van der Waals surface area contributed by atoms with Crippen LogP contribution in [0.5, 0.6) is 0 Å². The fourth-order valence-corrected chi connectivity index (χ4v) is 7.29. The molecule has 0 rings (SSSR count). The Balaban J connectivity index is 3.42. The van der Waals surface area contributed by atoms with E-state index in [-0.39, 0.29) is 25.2 Å². The Morgan fingerprint density at radius 2 is 0.727 bits per heavy atom. The fraction of sp³-hybridized carbons (Fsp3) is 0.880. The van der Waals surface area contributed by atoms with E-state index in [2.05, 4.69) is 38.2 Å². The molecule has 0 aromatic carbocycles. The van der Waals surface area contributed by atoms with Crippen LogP contribution in [0.15, 0.2) is 24.3 Å². The van der Waals surface area contributed by atoms with E-state index in [1.807, 2.05) is 0 Å². The van der Waals surface area contributed by atoms with Gasteiger partial charge in [0.25, 0.3) is 0 Å². The maximum atomic E-state index is 12.2. The zero-order chi connectivity index (χ0) is 40.0. The summed E-state index contributed by atoms with van der Waals surface area (Å²) in [5.41, 5.74) is 0. The van der Waals surface area contributed by atoms with Gasteiger partial charge >= 0.3 is 11.9 Å². The maximum absolute atomic E-state index is 12.2. The number of carbonyl (C=O) groups excluding carboxylic acids is 2. The fourth-order valence-electron chi connectivity index (χ4n) is 7.29. The van der Waals surface area contributed by atoms with Crippen LogP contribution in [0, 0.1) is 0 Å². The van der Waals surface area contributed by atoms with Crippen molar-refractivity contribution in [3.8, 4) is 0 Å². The largest absolute Gasteiger partial charge is 0.462 e. The van der Waals surface area contributed by atoms with Gasteiger partial charge in [0, 0.05) is 12.8 Å². The molecule has 0 saturated heterocycles. The van der Waals surface area contributed by atoms with Crippen molar-refractivity contribution in [2.75, 3.05) is 13.2 Å². The third-order valence-electron chi connectivity index (χ3n) is 11.0. The summed E-state index contributed by atoms with van der Waals surface area (Å²) < 4.78 is 10.6. The van der Waals surface area contributed by atoms with E-state index in [0.717, 1.165) is 44.9 Å². The van der Waals surface area contributed by atoms with Crippen molar-refractivity contribution >= 4 is 11.9 Å². The number of aliphatic hydroxyl groups is 1. The molecule has 0 amide bonds. The van der Waals surface area contributed by atoms with Gasteiger partial charge in [-0.25, -0.2) is 0 Å². The smallest absolute Gasteiger partial charge is 0.306 e. The Morgan fingerprint density at radius 3 is 1.07 bits per heavy atom. The molecule has 1 N–H and O–H groups in total. The lowest BCUT2D eigenvalue weighted by atomic mass is 10.0. The summed E-state index contributed by atoms with van der Waals surface area (Å²) in [7, 11) is 0. The Bertz CT molecular complexity index is 836. The van der Waals surface area contributed by atoms with Crippen molar-refractivity contribution in [1.29, 1.82) is 0 Å². The lowest BCUT2D eigenvalue weighted by Gasteiger charge is -2.15. The highest BCUT2D eigenvalue weighted by atomic mass is 16.6. The molecule has 0 saturated carbocycles. The molecule has 55 heavy (non-hydrogen) atoms. The number of hydrogen-bond acceptors (Lipinski definition) is 5. The van der Waals surface area contributed by atoms with E-state index >= 15 is 0 Å². The van der Waals surface area contributed by atoms with Crippen LogP contribution in [0.25, 0.3) is 0 Å². The third kappa shape index (κ3) is 45.0. The quantitative estimate of drug-likeness (QED) is 0.0379. The number of allylic oxidation sites excluding steroid dienone is 4. The Morgan fingerprint density at radius 1 is 0.418 bits per heavy atom. The number of esters is 2. The van der Waals surface area contributed by atoms with E-state index in [9.17, 15) is 14.7 Å². The average Bonchev–Trinajstić information content (AvgIpc) is 3.19. The molecular formula is C50H94O5. The lowest BCUT2D eigenvalue weighted by molar-refractivity contribution is -0.161. The molecule has 0 aliphatic rings. The number of carbonyl (C=O) groups is 2. The van der Waals surface area contributed by atoms with Crippen molar-refractivity contribution in [2.24, 2.45) is 0 Å². The van der Waals surface area contributed by atoms with E-state index < -0.39 is 6.10 Å².